The molecule has 2 aromatic heterocycles. The van der Waals surface area contributed by atoms with E-state index < -0.39 is 5.91 Å². The van der Waals surface area contributed by atoms with E-state index in [2.05, 4.69) is 14.9 Å². The van der Waals surface area contributed by atoms with Crippen LogP contribution in [0.2, 0.25) is 0 Å². The molecule has 0 aromatic carbocycles. The molecule has 9 heteroatoms. The van der Waals surface area contributed by atoms with Crippen LogP contribution in [0, 0.1) is 0 Å². The van der Waals surface area contributed by atoms with Crippen molar-refractivity contribution < 1.29 is 9.53 Å². The molecule has 21 heavy (non-hydrogen) atoms. The molecule has 2 aromatic rings. The molecule has 0 bridgehead atoms. The number of ether oxygens (including phenoxy) is 1. The van der Waals surface area contributed by atoms with E-state index in [0.29, 0.717) is 39.2 Å². The highest BCUT2D eigenvalue weighted by atomic mass is 32.2. The fourth-order valence-electron chi connectivity index (χ4n) is 2.26. The van der Waals surface area contributed by atoms with Gasteiger partial charge in [-0.15, -0.1) is 11.3 Å². The van der Waals surface area contributed by atoms with Gasteiger partial charge in [0.1, 0.15) is 15.5 Å². The third-order valence-electron chi connectivity index (χ3n) is 3.27. The Balaban J connectivity index is 2.22. The maximum atomic E-state index is 11.5. The summed E-state index contributed by atoms with van der Waals surface area (Å²) in [5.41, 5.74) is 11.9. The third-order valence-corrected chi connectivity index (χ3v) is 4.93. The smallest absolute Gasteiger partial charge is 0.260 e. The van der Waals surface area contributed by atoms with Crippen LogP contribution in [0.3, 0.4) is 0 Å². The lowest BCUT2D eigenvalue weighted by Gasteiger charge is -2.28. The van der Waals surface area contributed by atoms with Gasteiger partial charge in [0.05, 0.1) is 24.3 Å². The molecule has 4 N–H and O–H groups in total. The second-order valence-corrected chi connectivity index (χ2v) is 6.30. The highest BCUT2D eigenvalue weighted by Crippen LogP contribution is 2.38. The zero-order valence-electron chi connectivity index (χ0n) is 11.5. The van der Waals surface area contributed by atoms with E-state index in [1.807, 2.05) is 6.26 Å². The van der Waals surface area contributed by atoms with Gasteiger partial charge in [0.15, 0.2) is 5.16 Å². The Morgan fingerprint density at radius 3 is 2.71 bits per heavy atom. The first-order valence-corrected chi connectivity index (χ1v) is 8.42. The van der Waals surface area contributed by atoms with Crippen molar-refractivity contribution in [1.29, 1.82) is 0 Å². The van der Waals surface area contributed by atoms with Crippen LogP contribution in [0.5, 0.6) is 0 Å². The molecule has 1 aliphatic heterocycles. The number of nitrogens with two attached hydrogens (primary N) is 2. The fourth-order valence-corrected chi connectivity index (χ4v) is 3.62. The quantitative estimate of drug-likeness (QED) is 0.638. The molecule has 112 valence electrons. The summed E-state index contributed by atoms with van der Waals surface area (Å²) in [7, 11) is 0. The summed E-state index contributed by atoms with van der Waals surface area (Å²) in [4.78, 5) is 23.7. The van der Waals surface area contributed by atoms with Crippen LogP contribution < -0.4 is 16.4 Å². The lowest BCUT2D eigenvalue weighted by molar-refractivity contribution is 0.100. The van der Waals surface area contributed by atoms with Crippen molar-refractivity contribution in [2.24, 2.45) is 5.73 Å². The molecule has 7 nitrogen and oxygen atoms in total. The summed E-state index contributed by atoms with van der Waals surface area (Å²) in [6, 6.07) is 0. The largest absolute Gasteiger partial charge is 0.397 e. The number of aromatic nitrogens is 2. The Kier molecular flexibility index (Phi) is 3.87. The highest BCUT2D eigenvalue weighted by molar-refractivity contribution is 7.98. The zero-order chi connectivity index (χ0) is 15.0. The van der Waals surface area contributed by atoms with E-state index in [-0.39, 0.29) is 0 Å². The van der Waals surface area contributed by atoms with Crippen LogP contribution >= 0.6 is 23.1 Å². The standard InChI is InChI=1S/C12H15N5O2S2/c1-20-12-15-10(17-2-4-19-5-3-17)6-7(13)8(9(14)18)21-11(6)16-12/h2-5,13H2,1H3,(H2,14,18). The predicted molar refractivity (Wildman–Crippen MR) is 85.2 cm³/mol. The van der Waals surface area contributed by atoms with Crippen molar-refractivity contribution >= 4 is 50.7 Å². The molecule has 0 spiro atoms. The Bertz CT molecular complexity index is 697. The first-order valence-electron chi connectivity index (χ1n) is 6.38. The number of hydrogen-bond donors (Lipinski definition) is 2. The number of primary amides is 1. The predicted octanol–water partition coefficient (Wildman–Crippen LogP) is 0.931. The van der Waals surface area contributed by atoms with Gasteiger partial charge in [-0.25, -0.2) is 9.97 Å². The summed E-state index contributed by atoms with van der Waals surface area (Å²) in [5.74, 6) is 0.225. The van der Waals surface area contributed by atoms with Gasteiger partial charge in [-0.2, -0.15) is 0 Å². The average molecular weight is 325 g/mol. The second-order valence-electron chi connectivity index (χ2n) is 4.52. The van der Waals surface area contributed by atoms with Gasteiger partial charge in [0, 0.05) is 13.1 Å². The number of amides is 1. The van der Waals surface area contributed by atoms with Crippen molar-refractivity contribution in [1.82, 2.24) is 9.97 Å². The van der Waals surface area contributed by atoms with Gasteiger partial charge < -0.3 is 21.1 Å². The van der Waals surface area contributed by atoms with Crippen LogP contribution in [-0.4, -0.2) is 48.4 Å². The van der Waals surface area contributed by atoms with Gasteiger partial charge in [-0.1, -0.05) is 11.8 Å². The van der Waals surface area contributed by atoms with E-state index in [4.69, 9.17) is 16.2 Å². The van der Waals surface area contributed by atoms with Crippen LogP contribution in [0.15, 0.2) is 5.16 Å². The molecular weight excluding hydrogens is 310 g/mol. The van der Waals surface area contributed by atoms with Crippen molar-refractivity contribution in [2.45, 2.75) is 5.16 Å². The van der Waals surface area contributed by atoms with E-state index >= 15 is 0 Å². The zero-order valence-corrected chi connectivity index (χ0v) is 13.1. The second kappa shape index (κ2) is 5.66. The molecular formula is C12H15N5O2S2. The monoisotopic (exact) mass is 325 g/mol. The number of thioether (sulfide) groups is 1. The number of thiophene rings is 1. The average Bonchev–Trinajstić information content (AvgIpc) is 2.84. The van der Waals surface area contributed by atoms with E-state index in [9.17, 15) is 4.79 Å². The maximum absolute atomic E-state index is 11.5. The van der Waals surface area contributed by atoms with Crippen molar-refractivity contribution in [3.05, 3.63) is 4.88 Å². The molecule has 0 atom stereocenters. The number of carbonyl (C=O) groups is 1. The summed E-state index contributed by atoms with van der Waals surface area (Å²) in [6.45, 7) is 2.77. The van der Waals surface area contributed by atoms with Crippen molar-refractivity contribution in [3.63, 3.8) is 0 Å². The molecule has 1 aliphatic rings. The van der Waals surface area contributed by atoms with Crippen LogP contribution in [0.25, 0.3) is 10.2 Å². The van der Waals surface area contributed by atoms with Gasteiger partial charge in [-0.3, -0.25) is 4.79 Å². The van der Waals surface area contributed by atoms with Gasteiger partial charge in [-0.05, 0) is 6.26 Å². The number of rotatable bonds is 3. The molecule has 0 unspecified atom stereocenters. The van der Waals surface area contributed by atoms with Crippen LogP contribution in [-0.2, 0) is 4.74 Å². The van der Waals surface area contributed by atoms with Gasteiger partial charge in [0.25, 0.3) is 5.91 Å². The number of hydrogen-bond acceptors (Lipinski definition) is 8. The number of morpholine rings is 1. The summed E-state index contributed by atoms with van der Waals surface area (Å²) in [6.07, 6.45) is 1.91. The van der Waals surface area contributed by atoms with E-state index in [1.165, 1.54) is 23.1 Å². The van der Waals surface area contributed by atoms with E-state index in [0.717, 1.165) is 18.9 Å². The molecule has 3 rings (SSSR count). The summed E-state index contributed by atoms with van der Waals surface area (Å²) >= 11 is 2.67. The summed E-state index contributed by atoms with van der Waals surface area (Å²) < 4.78 is 5.37. The first-order chi connectivity index (χ1) is 10.1. The molecule has 0 aliphatic carbocycles. The van der Waals surface area contributed by atoms with Gasteiger partial charge in [0.2, 0.25) is 0 Å². The number of fused-ring (bicyclic) bond motifs is 1. The number of nitrogen functional groups attached to an aromatic ring is 1. The molecule has 0 saturated carbocycles. The molecule has 1 saturated heterocycles. The summed E-state index contributed by atoms with van der Waals surface area (Å²) in [5, 5.41) is 1.37. The minimum atomic E-state index is -0.533. The molecule has 0 radical (unpaired) electrons. The lowest BCUT2D eigenvalue weighted by atomic mass is 10.2. The number of nitrogens with zero attached hydrogens (tertiary/aromatic N) is 3. The minimum Gasteiger partial charge on any atom is -0.397 e. The minimum absolute atomic E-state index is 0.340. The Morgan fingerprint density at radius 1 is 1.38 bits per heavy atom. The number of anilines is 2. The fraction of sp³-hybridized carbons (Fsp3) is 0.417. The van der Waals surface area contributed by atoms with Crippen molar-refractivity contribution in [2.75, 3.05) is 43.2 Å². The highest BCUT2D eigenvalue weighted by Gasteiger charge is 2.23. The Hall–Kier alpha value is -1.58. The first kappa shape index (κ1) is 14.4. The Morgan fingerprint density at radius 2 is 2.10 bits per heavy atom. The van der Waals surface area contributed by atoms with E-state index in [1.54, 1.807) is 0 Å². The number of carbonyl (C=O) groups excluding carboxylic acids is 1. The lowest BCUT2D eigenvalue weighted by Crippen LogP contribution is -2.37. The molecule has 1 fully saturated rings. The Labute approximate surface area is 129 Å². The molecule has 3 heterocycles. The van der Waals surface area contributed by atoms with Gasteiger partial charge >= 0.3 is 0 Å². The van der Waals surface area contributed by atoms with Crippen LogP contribution in [0.1, 0.15) is 9.67 Å². The molecule has 1 amide bonds. The normalized spacial score (nSPS) is 15.6. The SMILES string of the molecule is CSc1nc(N2CCOCC2)c2c(N)c(C(N)=O)sc2n1. The topological polar surface area (TPSA) is 107 Å². The van der Waals surface area contributed by atoms with Crippen molar-refractivity contribution in [3.8, 4) is 0 Å². The maximum Gasteiger partial charge on any atom is 0.260 e. The third kappa shape index (κ3) is 2.52. The van der Waals surface area contributed by atoms with Crippen LogP contribution in [0.4, 0.5) is 11.5 Å².